The normalized spacial score (nSPS) is 16.5. The molecule has 0 fully saturated rings. The summed E-state index contributed by atoms with van der Waals surface area (Å²) in [5.41, 5.74) is 11.4. The van der Waals surface area contributed by atoms with Crippen molar-refractivity contribution in [3.05, 3.63) is 119 Å². The Labute approximate surface area is 317 Å². The lowest BCUT2D eigenvalue weighted by Crippen LogP contribution is -2.20. The molecule has 276 valence electrons. The second-order valence-electron chi connectivity index (χ2n) is 16.5. The summed E-state index contributed by atoms with van der Waals surface area (Å²) in [7, 11) is 0. The molecule has 0 spiro atoms. The van der Waals surface area contributed by atoms with Crippen molar-refractivity contribution in [2.24, 2.45) is 11.8 Å². The van der Waals surface area contributed by atoms with E-state index in [1.54, 1.807) is 5.57 Å². The van der Waals surface area contributed by atoms with Gasteiger partial charge in [0.25, 0.3) is 0 Å². The van der Waals surface area contributed by atoms with Gasteiger partial charge in [-0.05, 0) is 109 Å². The fraction of sp³-hybridized carbons (Fsp3) is 0.417. The van der Waals surface area contributed by atoms with Crippen LogP contribution in [0.5, 0.6) is 11.5 Å². The van der Waals surface area contributed by atoms with Gasteiger partial charge in [-0.2, -0.15) is 5.10 Å². The van der Waals surface area contributed by atoms with Gasteiger partial charge in [-0.25, -0.2) is 9.67 Å². The molecule has 53 heavy (non-hydrogen) atoms. The molecule has 2 atom stereocenters. The minimum atomic E-state index is -0.0814. The van der Waals surface area contributed by atoms with Gasteiger partial charge in [0.2, 0.25) is 0 Å². The fourth-order valence-electron chi connectivity index (χ4n) is 8.77. The van der Waals surface area contributed by atoms with Crippen LogP contribution in [0, 0.1) is 11.8 Å². The highest BCUT2D eigenvalue weighted by Gasteiger charge is 2.33. The van der Waals surface area contributed by atoms with Crippen LogP contribution < -0.4 is 4.74 Å². The minimum absolute atomic E-state index is 0.0814. The number of benzene rings is 3. The Balaban J connectivity index is 1.35. The number of para-hydroxylation sites is 1. The number of allylic oxidation sites excluding steroid dienone is 2. The molecule has 0 saturated carbocycles. The molecule has 1 unspecified atom stereocenters. The molecule has 0 aliphatic heterocycles. The van der Waals surface area contributed by atoms with Crippen LogP contribution in [0.2, 0.25) is 0 Å². The van der Waals surface area contributed by atoms with Crippen LogP contribution >= 0.6 is 0 Å². The first-order chi connectivity index (χ1) is 25.5. The number of aryl methyl sites for hydroxylation is 1. The molecule has 5 nitrogen and oxygen atoms in total. The molecule has 0 N–H and O–H groups in total. The molecular formula is C48H58N4O. The van der Waals surface area contributed by atoms with Gasteiger partial charge in [0, 0.05) is 46.3 Å². The summed E-state index contributed by atoms with van der Waals surface area (Å²) in [5.74, 6) is 4.22. The highest BCUT2D eigenvalue weighted by Crippen LogP contribution is 2.45. The average molecular weight is 707 g/mol. The second-order valence-corrected chi connectivity index (χ2v) is 16.5. The van der Waals surface area contributed by atoms with E-state index in [1.165, 1.54) is 58.1 Å². The number of aromatic nitrogens is 4. The van der Waals surface area contributed by atoms with E-state index in [9.17, 15) is 0 Å². The number of hydrogen-bond acceptors (Lipinski definition) is 3. The number of hydrogen-bond donors (Lipinski definition) is 0. The molecular weight excluding hydrogens is 649 g/mol. The zero-order chi connectivity index (χ0) is 37.4. The van der Waals surface area contributed by atoms with E-state index in [0.717, 1.165) is 59.7 Å². The SMILES string of the molecule is CCC1=CCC[C@H](CC)C1c1c(CC)nn(-c2cc(Oc3ccc4c5ccccc5n(-c5cc(CC(C)C)ccn5)c4c3)cc(C(C)(C)C)c2)c1CC. The summed E-state index contributed by atoms with van der Waals surface area (Å²) < 4.78 is 11.4. The maximum absolute atomic E-state index is 6.89. The van der Waals surface area contributed by atoms with Crippen LogP contribution in [0.25, 0.3) is 33.3 Å². The van der Waals surface area contributed by atoms with Crippen molar-refractivity contribution in [3.63, 3.8) is 0 Å². The van der Waals surface area contributed by atoms with Crippen LogP contribution in [-0.4, -0.2) is 19.3 Å². The second kappa shape index (κ2) is 15.0. The third kappa shape index (κ3) is 7.07. The smallest absolute Gasteiger partial charge is 0.137 e. The lowest BCUT2D eigenvalue weighted by Gasteiger charge is -2.33. The first-order valence-corrected chi connectivity index (χ1v) is 20.2. The van der Waals surface area contributed by atoms with Crippen molar-refractivity contribution >= 4 is 21.8 Å². The first kappa shape index (κ1) is 36.7. The number of rotatable bonds is 11. The van der Waals surface area contributed by atoms with Gasteiger partial charge in [-0.1, -0.05) is 98.6 Å². The van der Waals surface area contributed by atoms with Crippen molar-refractivity contribution in [1.82, 2.24) is 19.3 Å². The number of fused-ring (bicyclic) bond motifs is 3. The summed E-state index contributed by atoms with van der Waals surface area (Å²) in [4.78, 5) is 4.88. The molecule has 1 aliphatic carbocycles. The van der Waals surface area contributed by atoms with Gasteiger partial charge in [-0.3, -0.25) is 4.57 Å². The third-order valence-electron chi connectivity index (χ3n) is 11.4. The van der Waals surface area contributed by atoms with Gasteiger partial charge in [0.1, 0.15) is 17.3 Å². The number of pyridine rings is 1. The van der Waals surface area contributed by atoms with E-state index in [1.807, 2.05) is 6.20 Å². The minimum Gasteiger partial charge on any atom is -0.457 e. The van der Waals surface area contributed by atoms with Crippen molar-refractivity contribution in [2.75, 3.05) is 0 Å². The molecule has 0 bridgehead atoms. The van der Waals surface area contributed by atoms with Crippen LogP contribution in [0.1, 0.15) is 122 Å². The summed E-state index contributed by atoms with van der Waals surface area (Å²) in [6.45, 7) is 20.6. The monoisotopic (exact) mass is 706 g/mol. The standard InChI is InChI=1S/C48H58N4O/c1-10-33-17-16-18-34(11-2)46(33)47-41(12-3)50-52(42(47)13-4)36-27-35(48(7,8)9)28-38(29-36)53-37-21-22-40-39-19-14-15-20-43(39)51(44(40)30-37)45-26-32(23-24-49-45)25-31(5)6/h14-15,17,19-24,26-31,34,46H,10-13,16,18,25H2,1-9H3/t34-,46?/m0/s1. The Hall–Kier alpha value is -4.64. The lowest BCUT2D eigenvalue weighted by atomic mass is 9.71. The van der Waals surface area contributed by atoms with E-state index in [4.69, 9.17) is 14.8 Å². The Morgan fingerprint density at radius 2 is 1.62 bits per heavy atom. The fourth-order valence-corrected chi connectivity index (χ4v) is 8.77. The van der Waals surface area contributed by atoms with Gasteiger partial charge in [-0.15, -0.1) is 0 Å². The quantitative estimate of drug-likeness (QED) is 0.126. The van der Waals surface area contributed by atoms with Crippen molar-refractivity contribution in [2.45, 2.75) is 119 Å². The van der Waals surface area contributed by atoms with Crippen LogP contribution in [0.15, 0.2) is 90.6 Å². The lowest BCUT2D eigenvalue weighted by molar-refractivity contribution is 0.392. The Morgan fingerprint density at radius 1 is 0.830 bits per heavy atom. The first-order valence-electron chi connectivity index (χ1n) is 20.2. The van der Waals surface area contributed by atoms with Crippen LogP contribution in [0.3, 0.4) is 0 Å². The van der Waals surface area contributed by atoms with Crippen molar-refractivity contribution in [3.8, 4) is 23.0 Å². The summed E-state index contributed by atoms with van der Waals surface area (Å²) in [5, 5.41) is 7.81. The predicted molar refractivity (Wildman–Crippen MR) is 222 cm³/mol. The Kier molecular flexibility index (Phi) is 10.4. The van der Waals surface area contributed by atoms with Gasteiger partial charge in [0.05, 0.1) is 22.4 Å². The van der Waals surface area contributed by atoms with E-state index < -0.39 is 0 Å². The average Bonchev–Trinajstić information content (AvgIpc) is 3.69. The van der Waals surface area contributed by atoms with E-state index >= 15 is 0 Å². The summed E-state index contributed by atoms with van der Waals surface area (Å²) in [6, 6.07) is 26.2. The number of ether oxygens (including phenoxy) is 1. The molecule has 7 rings (SSSR count). The molecule has 3 aromatic carbocycles. The van der Waals surface area contributed by atoms with E-state index in [2.05, 4.69) is 150 Å². The highest BCUT2D eigenvalue weighted by molar-refractivity contribution is 6.09. The predicted octanol–water partition coefficient (Wildman–Crippen LogP) is 13.0. The van der Waals surface area contributed by atoms with E-state index in [-0.39, 0.29) is 5.41 Å². The molecule has 6 aromatic rings. The van der Waals surface area contributed by atoms with Crippen molar-refractivity contribution in [1.29, 1.82) is 0 Å². The van der Waals surface area contributed by atoms with E-state index in [0.29, 0.717) is 17.8 Å². The van der Waals surface area contributed by atoms with Crippen LogP contribution in [-0.2, 0) is 24.7 Å². The van der Waals surface area contributed by atoms with Gasteiger partial charge in [0.15, 0.2) is 0 Å². The zero-order valence-electron chi connectivity index (χ0n) is 33.5. The van der Waals surface area contributed by atoms with Crippen molar-refractivity contribution < 1.29 is 4.74 Å². The zero-order valence-corrected chi connectivity index (χ0v) is 33.5. The molecule has 0 radical (unpaired) electrons. The topological polar surface area (TPSA) is 44.9 Å². The highest BCUT2D eigenvalue weighted by atomic mass is 16.5. The third-order valence-corrected chi connectivity index (χ3v) is 11.4. The molecule has 3 heterocycles. The molecule has 0 amide bonds. The summed E-state index contributed by atoms with van der Waals surface area (Å²) >= 11 is 0. The number of nitrogens with zero attached hydrogens (tertiary/aromatic N) is 4. The van der Waals surface area contributed by atoms with Gasteiger partial charge >= 0.3 is 0 Å². The maximum Gasteiger partial charge on any atom is 0.137 e. The summed E-state index contributed by atoms with van der Waals surface area (Å²) in [6.07, 6.45) is 12.1. The molecule has 0 saturated heterocycles. The Morgan fingerprint density at radius 3 is 2.34 bits per heavy atom. The Bertz CT molecular complexity index is 2280. The largest absolute Gasteiger partial charge is 0.457 e. The maximum atomic E-state index is 6.89. The molecule has 5 heteroatoms. The molecule has 1 aliphatic rings. The van der Waals surface area contributed by atoms with Crippen LogP contribution in [0.4, 0.5) is 0 Å². The van der Waals surface area contributed by atoms with Gasteiger partial charge < -0.3 is 4.74 Å². The molecule has 3 aromatic heterocycles.